The van der Waals surface area contributed by atoms with Crippen molar-refractivity contribution in [1.82, 2.24) is 10.3 Å². The highest BCUT2D eigenvalue weighted by Gasteiger charge is 2.24. The molecule has 6 aromatic rings. The van der Waals surface area contributed by atoms with Gasteiger partial charge in [0.2, 0.25) is 0 Å². The fourth-order valence-electron chi connectivity index (χ4n) is 5.17. The molecule has 4 aromatic carbocycles. The number of aliphatic hydroxyl groups is 2. The Balaban J connectivity index is 1.41. The minimum atomic E-state index is -1.11. The van der Waals surface area contributed by atoms with E-state index in [2.05, 4.69) is 10.3 Å². The molecule has 0 fully saturated rings. The van der Waals surface area contributed by atoms with E-state index < -0.39 is 11.2 Å². The van der Waals surface area contributed by atoms with Crippen LogP contribution in [0, 0.1) is 0 Å². The third-order valence-electron chi connectivity index (χ3n) is 7.21. The van der Waals surface area contributed by atoms with Crippen LogP contribution in [0.5, 0.6) is 0 Å². The predicted molar refractivity (Wildman–Crippen MR) is 157 cm³/mol. The molecule has 2 heterocycles. The quantitative estimate of drug-likeness (QED) is 0.181. The van der Waals surface area contributed by atoms with E-state index in [0.29, 0.717) is 45.1 Å². The lowest BCUT2D eigenvalue weighted by molar-refractivity contribution is 0.0789. The Labute approximate surface area is 230 Å². The first-order valence-electron chi connectivity index (χ1n) is 12.9. The average Bonchev–Trinajstić information content (AvgIpc) is 3.50. The van der Waals surface area contributed by atoms with Crippen LogP contribution in [0.4, 0.5) is 11.4 Å². The Morgan fingerprint density at radius 2 is 1.00 bits per heavy atom. The molecule has 0 bridgehead atoms. The van der Waals surface area contributed by atoms with Gasteiger partial charge in [-0.15, -0.1) is 0 Å². The van der Waals surface area contributed by atoms with E-state index in [1.165, 1.54) is 0 Å². The van der Waals surface area contributed by atoms with E-state index in [9.17, 15) is 10.2 Å². The molecule has 40 heavy (non-hydrogen) atoms. The van der Waals surface area contributed by atoms with E-state index in [0.717, 1.165) is 33.0 Å². The maximum Gasteiger partial charge on any atom is 0.169 e. The van der Waals surface area contributed by atoms with Crippen molar-refractivity contribution in [1.29, 1.82) is 0 Å². The van der Waals surface area contributed by atoms with Crippen LogP contribution in [0.1, 0.15) is 38.8 Å². The molecule has 6 N–H and O–H groups in total. The maximum atomic E-state index is 10.6. The molecule has 0 radical (unpaired) electrons. The highest BCUT2D eigenvalue weighted by molar-refractivity contribution is 5.96. The molecule has 0 amide bonds. The van der Waals surface area contributed by atoms with Gasteiger partial charge in [-0.1, -0.05) is 46.7 Å². The topological polar surface area (TPSA) is 145 Å². The summed E-state index contributed by atoms with van der Waals surface area (Å²) in [6.45, 7) is 6.76. The van der Waals surface area contributed by atoms with Gasteiger partial charge < -0.3 is 30.7 Å². The summed E-state index contributed by atoms with van der Waals surface area (Å²) in [5, 5.41) is 31.2. The molecule has 0 saturated heterocycles. The van der Waals surface area contributed by atoms with Gasteiger partial charge in [0.15, 0.2) is 11.2 Å². The van der Waals surface area contributed by atoms with Gasteiger partial charge in [0.25, 0.3) is 0 Å². The molecule has 0 atom stereocenters. The Morgan fingerprint density at radius 1 is 0.575 bits per heavy atom. The van der Waals surface area contributed by atoms with Crippen LogP contribution in [-0.4, -0.2) is 20.5 Å². The van der Waals surface area contributed by atoms with Crippen LogP contribution in [0.25, 0.3) is 55.6 Å². The lowest BCUT2D eigenvalue weighted by Crippen LogP contribution is -2.17. The number of nitrogen functional groups attached to an aromatic ring is 2. The Morgan fingerprint density at radius 3 is 1.52 bits per heavy atom. The van der Waals surface area contributed by atoms with Gasteiger partial charge >= 0.3 is 0 Å². The van der Waals surface area contributed by atoms with Gasteiger partial charge in [-0.05, 0) is 69.2 Å². The van der Waals surface area contributed by atoms with Crippen molar-refractivity contribution < 1.29 is 19.3 Å². The summed E-state index contributed by atoms with van der Waals surface area (Å²) in [5.74, 6) is 0. The molecule has 8 heteroatoms. The SMILES string of the molecule is CC(C)(O)c1cc2onc(-c3cccc(-c4cccc(-c5noc6cc(N)c(C(C)(C)O)cc56)c4)c3)c2cc1N. The van der Waals surface area contributed by atoms with Crippen LogP contribution >= 0.6 is 0 Å². The Bertz CT molecular complexity index is 1900. The number of benzene rings is 4. The second-order valence-corrected chi connectivity index (χ2v) is 11.2. The van der Waals surface area contributed by atoms with Crippen LogP contribution in [0.15, 0.2) is 81.8 Å². The standard InChI is InChI=1S/C32H30N4O4/c1-31(2,37)23-13-21-28(16-26(23)34)40-35-29(21)19-9-5-7-17(11-19)18-8-6-10-20(12-18)30-22-14-25(33)24(32(3,4)38)15-27(22)39-36-30/h5-16,37-38H,33-34H2,1-4H3. The fraction of sp³-hybridized carbons (Fsp3) is 0.188. The summed E-state index contributed by atoms with van der Waals surface area (Å²) in [6, 6.07) is 23.1. The van der Waals surface area contributed by atoms with Crippen LogP contribution < -0.4 is 11.5 Å². The summed E-state index contributed by atoms with van der Waals surface area (Å²) < 4.78 is 11.2. The second kappa shape index (κ2) is 8.94. The van der Waals surface area contributed by atoms with Crippen molar-refractivity contribution in [3.8, 4) is 33.6 Å². The van der Waals surface area contributed by atoms with E-state index in [-0.39, 0.29) is 0 Å². The number of nitrogens with zero attached hydrogens (tertiary/aromatic N) is 2. The third kappa shape index (κ3) is 4.37. The molecule has 0 aliphatic carbocycles. The lowest BCUT2D eigenvalue weighted by atomic mass is 9.93. The molecule has 2 aromatic heterocycles. The molecule has 202 valence electrons. The largest absolute Gasteiger partial charge is 0.398 e. The van der Waals surface area contributed by atoms with Gasteiger partial charge in [-0.2, -0.15) is 0 Å². The zero-order valence-corrected chi connectivity index (χ0v) is 22.7. The summed E-state index contributed by atoms with van der Waals surface area (Å²) in [4.78, 5) is 0. The van der Waals surface area contributed by atoms with E-state index in [1.54, 1.807) is 45.9 Å². The minimum absolute atomic E-state index is 0.451. The molecule has 0 aliphatic rings. The molecule has 0 spiro atoms. The summed E-state index contributed by atoms with van der Waals surface area (Å²) in [5.41, 5.74) is 18.5. The molecule has 0 unspecified atom stereocenters. The van der Waals surface area contributed by atoms with Crippen molar-refractivity contribution in [3.05, 3.63) is 83.9 Å². The monoisotopic (exact) mass is 534 g/mol. The van der Waals surface area contributed by atoms with Gasteiger partial charge in [-0.3, -0.25) is 0 Å². The number of aromatic nitrogens is 2. The first-order chi connectivity index (χ1) is 18.9. The lowest BCUT2D eigenvalue weighted by Gasteiger charge is -2.19. The molecule has 0 aliphatic heterocycles. The van der Waals surface area contributed by atoms with Gasteiger partial charge in [0, 0.05) is 39.7 Å². The number of hydrogen-bond donors (Lipinski definition) is 4. The van der Waals surface area contributed by atoms with Crippen molar-refractivity contribution in [2.24, 2.45) is 0 Å². The van der Waals surface area contributed by atoms with Crippen molar-refractivity contribution >= 4 is 33.3 Å². The zero-order valence-electron chi connectivity index (χ0n) is 22.7. The zero-order chi connectivity index (χ0) is 28.4. The van der Waals surface area contributed by atoms with Gasteiger partial charge in [0.1, 0.15) is 11.4 Å². The van der Waals surface area contributed by atoms with Crippen molar-refractivity contribution in [3.63, 3.8) is 0 Å². The molecular formula is C32H30N4O4. The predicted octanol–water partition coefficient (Wildman–Crippen LogP) is 6.59. The van der Waals surface area contributed by atoms with Crippen LogP contribution in [0.2, 0.25) is 0 Å². The molecule has 0 saturated carbocycles. The minimum Gasteiger partial charge on any atom is -0.398 e. The number of anilines is 2. The Kier molecular flexibility index (Phi) is 5.72. The number of fused-ring (bicyclic) bond motifs is 2. The first kappa shape index (κ1) is 25.6. The number of rotatable bonds is 5. The van der Waals surface area contributed by atoms with E-state index in [4.69, 9.17) is 20.5 Å². The third-order valence-corrected chi connectivity index (χ3v) is 7.21. The molecule has 6 rings (SSSR count). The maximum absolute atomic E-state index is 10.6. The van der Waals surface area contributed by atoms with E-state index in [1.807, 2.05) is 54.6 Å². The molecule has 8 nitrogen and oxygen atoms in total. The smallest absolute Gasteiger partial charge is 0.169 e. The number of hydrogen-bond acceptors (Lipinski definition) is 8. The Hall–Kier alpha value is -4.66. The second-order valence-electron chi connectivity index (χ2n) is 11.2. The van der Waals surface area contributed by atoms with Crippen molar-refractivity contribution in [2.45, 2.75) is 38.9 Å². The normalized spacial score (nSPS) is 12.4. The summed E-state index contributed by atoms with van der Waals surface area (Å²) in [6.07, 6.45) is 0. The average molecular weight is 535 g/mol. The molecular weight excluding hydrogens is 504 g/mol. The first-order valence-corrected chi connectivity index (χ1v) is 12.9. The summed E-state index contributed by atoms with van der Waals surface area (Å²) >= 11 is 0. The van der Waals surface area contributed by atoms with Gasteiger partial charge in [-0.25, -0.2) is 0 Å². The van der Waals surface area contributed by atoms with Crippen LogP contribution in [-0.2, 0) is 11.2 Å². The summed E-state index contributed by atoms with van der Waals surface area (Å²) in [7, 11) is 0. The van der Waals surface area contributed by atoms with Gasteiger partial charge in [0.05, 0.1) is 22.0 Å². The highest BCUT2D eigenvalue weighted by atomic mass is 16.5. The number of nitrogens with two attached hydrogens (primary N) is 2. The van der Waals surface area contributed by atoms with E-state index >= 15 is 0 Å². The van der Waals surface area contributed by atoms with Crippen molar-refractivity contribution in [2.75, 3.05) is 11.5 Å². The highest BCUT2D eigenvalue weighted by Crippen LogP contribution is 2.38. The van der Waals surface area contributed by atoms with Crippen LogP contribution in [0.3, 0.4) is 0 Å². The fourth-order valence-corrected chi connectivity index (χ4v) is 5.17.